The number of unbranched alkanes of at least 4 members (excludes halogenated alkanes) is 1. The van der Waals surface area contributed by atoms with Gasteiger partial charge in [0.1, 0.15) is 6.10 Å². The number of ether oxygens (including phenoxy) is 1. The van der Waals surface area contributed by atoms with Crippen molar-refractivity contribution in [3.8, 4) is 0 Å². The lowest BCUT2D eigenvalue weighted by Crippen LogP contribution is -2.51. The van der Waals surface area contributed by atoms with Crippen LogP contribution >= 0.6 is 0 Å². The quantitative estimate of drug-likeness (QED) is 0.152. The van der Waals surface area contributed by atoms with Crippen molar-refractivity contribution in [2.45, 2.75) is 144 Å². The Morgan fingerprint density at radius 2 is 1.74 bits per heavy atom. The van der Waals surface area contributed by atoms with Crippen molar-refractivity contribution in [2.24, 2.45) is 52.3 Å². The number of rotatable bonds is 12. The van der Waals surface area contributed by atoms with Gasteiger partial charge in [-0.3, -0.25) is 9.59 Å². The molecule has 0 amide bonds. The van der Waals surface area contributed by atoms with Crippen molar-refractivity contribution in [1.29, 1.82) is 0 Å². The molecular weight excluding hydrogens is 484 g/mol. The third-order valence-electron chi connectivity index (χ3n) is 12.6. The second-order valence-electron chi connectivity index (χ2n) is 14.9. The predicted molar refractivity (Wildman–Crippen MR) is 158 cm³/mol. The van der Waals surface area contributed by atoms with E-state index in [-0.39, 0.29) is 23.9 Å². The summed E-state index contributed by atoms with van der Waals surface area (Å²) in [6, 6.07) is 0. The number of carbonyl (C=O) groups is 2. The van der Waals surface area contributed by atoms with Gasteiger partial charge in [0.05, 0.1) is 0 Å². The Bertz CT molecular complexity index is 891. The Balaban J connectivity index is 1.35. The fraction of sp³-hybridized carbons (Fsp3) is 0.886. The zero-order chi connectivity index (χ0) is 28.4. The van der Waals surface area contributed by atoms with Crippen molar-refractivity contribution in [1.82, 2.24) is 0 Å². The van der Waals surface area contributed by atoms with Crippen LogP contribution in [0.4, 0.5) is 0 Å². The SMILES string of the molecule is CCC(CCC(C)[C@H]1CC[C@H]2[C@@H]3CC=C4C[C@@H](OC(=O)CCCCC(=O)O)CC[C@]4(C)[C@H]3CC[C@]12C)C(C)C. The number of allylic oxidation sites excluding steroid dienone is 1. The summed E-state index contributed by atoms with van der Waals surface area (Å²) in [6.45, 7) is 15.0. The minimum absolute atomic E-state index is 0.00352. The number of hydrogen-bond acceptors (Lipinski definition) is 3. The largest absolute Gasteiger partial charge is 0.481 e. The van der Waals surface area contributed by atoms with E-state index in [0.717, 1.165) is 60.7 Å². The van der Waals surface area contributed by atoms with E-state index in [1.54, 1.807) is 5.57 Å². The zero-order valence-electron chi connectivity index (χ0n) is 26.0. The van der Waals surface area contributed by atoms with E-state index in [1.807, 2.05) is 0 Å². The second kappa shape index (κ2) is 12.7. The maximum atomic E-state index is 12.4. The van der Waals surface area contributed by atoms with Crippen LogP contribution < -0.4 is 0 Å². The molecule has 4 aliphatic rings. The molecule has 4 aliphatic carbocycles. The van der Waals surface area contributed by atoms with E-state index in [9.17, 15) is 9.59 Å². The highest BCUT2D eigenvalue weighted by atomic mass is 16.5. The first-order valence-corrected chi connectivity index (χ1v) is 16.6. The summed E-state index contributed by atoms with van der Waals surface area (Å²) in [5.74, 6) is 4.92. The standard InChI is InChI=1S/C35H58O4/c1-7-25(23(2)3)13-12-24(4)29-16-17-30-28-15-14-26-22-27(39-33(38)11-9-8-10-32(36)37)18-20-34(26,5)31(28)19-21-35(29,30)6/h14,23-25,27-31H,7-13,15-22H2,1-6H3,(H,36,37)/t24?,25?,27-,28-,29+,30-,31-,34-,35+/m0/s1. The molecule has 0 saturated heterocycles. The lowest BCUT2D eigenvalue weighted by molar-refractivity contribution is -0.152. The van der Waals surface area contributed by atoms with Crippen LogP contribution in [0.2, 0.25) is 0 Å². The molecule has 0 radical (unpaired) electrons. The summed E-state index contributed by atoms with van der Waals surface area (Å²) in [6.07, 6.45) is 18.1. The minimum atomic E-state index is -0.796. The van der Waals surface area contributed by atoms with Crippen LogP contribution in [-0.4, -0.2) is 23.1 Å². The Morgan fingerprint density at radius 3 is 2.44 bits per heavy atom. The first-order valence-electron chi connectivity index (χ1n) is 16.6. The maximum absolute atomic E-state index is 12.4. The topological polar surface area (TPSA) is 63.6 Å². The van der Waals surface area contributed by atoms with Crippen LogP contribution in [-0.2, 0) is 14.3 Å². The number of aliphatic carboxylic acids is 1. The molecule has 3 saturated carbocycles. The van der Waals surface area contributed by atoms with Gasteiger partial charge in [0.15, 0.2) is 0 Å². The molecule has 2 unspecified atom stereocenters. The molecule has 9 atom stereocenters. The summed E-state index contributed by atoms with van der Waals surface area (Å²) >= 11 is 0. The molecule has 0 aromatic heterocycles. The molecule has 222 valence electrons. The fourth-order valence-electron chi connectivity index (χ4n) is 10.2. The van der Waals surface area contributed by atoms with E-state index < -0.39 is 5.97 Å². The Labute approximate surface area is 239 Å². The number of fused-ring (bicyclic) bond motifs is 5. The third kappa shape index (κ3) is 6.45. The Hall–Kier alpha value is -1.32. The number of hydrogen-bond donors (Lipinski definition) is 1. The molecule has 0 heterocycles. The van der Waals surface area contributed by atoms with E-state index in [0.29, 0.717) is 24.7 Å². The van der Waals surface area contributed by atoms with Crippen molar-refractivity contribution in [3.63, 3.8) is 0 Å². The average Bonchev–Trinajstić information content (AvgIpc) is 3.24. The normalized spacial score (nSPS) is 37.3. The third-order valence-corrected chi connectivity index (χ3v) is 12.6. The zero-order valence-corrected chi connectivity index (χ0v) is 26.0. The van der Waals surface area contributed by atoms with Gasteiger partial charge in [-0.05, 0) is 116 Å². The molecule has 0 spiro atoms. The summed E-state index contributed by atoms with van der Waals surface area (Å²) in [5, 5.41) is 8.80. The first-order chi connectivity index (χ1) is 18.5. The number of carboxylic acid groups (broad SMARTS) is 1. The molecule has 1 N–H and O–H groups in total. The molecule has 4 rings (SSSR count). The molecule has 0 bridgehead atoms. The monoisotopic (exact) mass is 542 g/mol. The number of carbonyl (C=O) groups excluding carboxylic acids is 1. The van der Waals surface area contributed by atoms with E-state index in [2.05, 4.69) is 47.6 Å². The maximum Gasteiger partial charge on any atom is 0.306 e. The highest BCUT2D eigenvalue weighted by Crippen LogP contribution is 2.67. The molecule has 3 fully saturated rings. The van der Waals surface area contributed by atoms with Crippen LogP contribution in [0, 0.1) is 52.3 Å². The second-order valence-corrected chi connectivity index (χ2v) is 14.9. The molecule has 0 aliphatic heterocycles. The minimum Gasteiger partial charge on any atom is -0.481 e. The first kappa shape index (κ1) is 30.6. The molecule has 0 aromatic rings. The van der Waals surface area contributed by atoms with Gasteiger partial charge in [-0.25, -0.2) is 0 Å². The van der Waals surface area contributed by atoms with Crippen LogP contribution in [0.3, 0.4) is 0 Å². The van der Waals surface area contributed by atoms with Gasteiger partial charge in [-0.1, -0.05) is 66.0 Å². The summed E-state index contributed by atoms with van der Waals surface area (Å²) in [5.41, 5.74) is 2.34. The number of carboxylic acids is 1. The molecule has 39 heavy (non-hydrogen) atoms. The van der Waals surface area contributed by atoms with Crippen LogP contribution in [0.1, 0.15) is 138 Å². The van der Waals surface area contributed by atoms with Gasteiger partial charge in [0.25, 0.3) is 0 Å². The highest BCUT2D eigenvalue weighted by molar-refractivity contribution is 5.70. The molecular formula is C35H58O4. The van der Waals surface area contributed by atoms with Crippen LogP contribution in [0.25, 0.3) is 0 Å². The van der Waals surface area contributed by atoms with Crippen LogP contribution in [0.15, 0.2) is 11.6 Å². The predicted octanol–water partition coefficient (Wildman–Crippen LogP) is 9.22. The van der Waals surface area contributed by atoms with Gasteiger partial charge in [-0.15, -0.1) is 0 Å². The van der Waals surface area contributed by atoms with Gasteiger partial charge in [-0.2, -0.15) is 0 Å². The van der Waals surface area contributed by atoms with Crippen LogP contribution in [0.5, 0.6) is 0 Å². The molecule has 4 heteroatoms. The molecule has 0 aromatic carbocycles. The summed E-state index contributed by atoms with van der Waals surface area (Å²) < 4.78 is 5.89. The smallest absolute Gasteiger partial charge is 0.306 e. The highest BCUT2D eigenvalue weighted by Gasteiger charge is 2.59. The van der Waals surface area contributed by atoms with Gasteiger partial charge in [0, 0.05) is 19.3 Å². The van der Waals surface area contributed by atoms with E-state index in [4.69, 9.17) is 9.84 Å². The van der Waals surface area contributed by atoms with Gasteiger partial charge < -0.3 is 9.84 Å². The average molecular weight is 543 g/mol. The van der Waals surface area contributed by atoms with E-state index >= 15 is 0 Å². The fourth-order valence-corrected chi connectivity index (χ4v) is 10.2. The Kier molecular flexibility index (Phi) is 9.96. The lowest BCUT2D eigenvalue weighted by atomic mass is 9.47. The van der Waals surface area contributed by atoms with E-state index in [1.165, 1.54) is 51.4 Å². The molecule has 4 nitrogen and oxygen atoms in total. The van der Waals surface area contributed by atoms with Crippen molar-refractivity contribution < 1.29 is 19.4 Å². The van der Waals surface area contributed by atoms with Crippen molar-refractivity contribution in [3.05, 3.63) is 11.6 Å². The summed E-state index contributed by atoms with van der Waals surface area (Å²) in [4.78, 5) is 23.1. The number of esters is 1. The van der Waals surface area contributed by atoms with Gasteiger partial charge in [0.2, 0.25) is 0 Å². The Morgan fingerprint density at radius 1 is 1.00 bits per heavy atom. The van der Waals surface area contributed by atoms with Crippen molar-refractivity contribution in [2.75, 3.05) is 0 Å². The van der Waals surface area contributed by atoms with Crippen molar-refractivity contribution >= 4 is 11.9 Å². The summed E-state index contributed by atoms with van der Waals surface area (Å²) in [7, 11) is 0. The lowest BCUT2D eigenvalue weighted by Gasteiger charge is -2.58. The van der Waals surface area contributed by atoms with Gasteiger partial charge >= 0.3 is 11.9 Å².